The third kappa shape index (κ3) is 3.89. The summed E-state index contributed by atoms with van der Waals surface area (Å²) in [6.07, 6.45) is 5.50. The Hall–Kier alpha value is -0.210. The first-order chi connectivity index (χ1) is 8.15. The maximum absolute atomic E-state index is 5.97. The molecule has 2 rings (SSSR count). The molecule has 0 aliphatic heterocycles. The van der Waals surface area contributed by atoms with Crippen molar-refractivity contribution in [3.63, 3.8) is 0 Å². The molecule has 3 heteroatoms. The smallest absolute Gasteiger partial charge is 0.0549 e. The molecule has 94 valence electrons. The molecular weight excluding hydrogens is 298 g/mol. The first kappa shape index (κ1) is 13.2. The van der Waals surface area contributed by atoms with Crippen molar-refractivity contribution in [3.8, 4) is 0 Å². The quantitative estimate of drug-likeness (QED) is 0.793. The van der Waals surface area contributed by atoms with Crippen molar-refractivity contribution in [3.05, 3.63) is 27.7 Å². The summed E-state index contributed by atoms with van der Waals surface area (Å²) in [5, 5.41) is 4.27. The van der Waals surface area contributed by atoms with Crippen molar-refractivity contribution in [1.82, 2.24) is 0 Å². The molecule has 1 aromatic rings. The molecule has 1 aromatic carbocycles. The van der Waals surface area contributed by atoms with Gasteiger partial charge in [-0.2, -0.15) is 0 Å². The lowest BCUT2D eigenvalue weighted by molar-refractivity contribution is 0.300. The minimum Gasteiger partial charge on any atom is -0.385 e. The van der Waals surface area contributed by atoms with Gasteiger partial charge in [0, 0.05) is 16.7 Å². The lowest BCUT2D eigenvalue weighted by atomic mass is 9.83. The summed E-state index contributed by atoms with van der Waals surface area (Å²) in [6.45, 7) is 3.45. The van der Waals surface area contributed by atoms with Crippen LogP contribution in [0.5, 0.6) is 0 Å². The van der Waals surface area contributed by atoms with E-state index in [1.54, 1.807) is 0 Å². The highest BCUT2D eigenvalue weighted by molar-refractivity contribution is 9.10. The van der Waals surface area contributed by atoms with Crippen LogP contribution in [0.25, 0.3) is 0 Å². The Morgan fingerprint density at radius 2 is 2.00 bits per heavy atom. The van der Waals surface area contributed by atoms with Crippen LogP contribution in [0, 0.1) is 11.8 Å². The molecule has 0 heterocycles. The second kappa shape index (κ2) is 6.10. The van der Waals surface area contributed by atoms with Gasteiger partial charge in [-0.05, 0) is 58.8 Å². The molecule has 0 spiro atoms. The molecule has 0 radical (unpaired) electrons. The molecule has 1 nitrogen and oxygen atoms in total. The minimum atomic E-state index is 0.766. The zero-order valence-electron chi connectivity index (χ0n) is 10.2. The highest BCUT2D eigenvalue weighted by atomic mass is 79.9. The number of benzene rings is 1. The standard InChI is InChI=1S/C14H19BrClN/c1-10-2-4-11(5-3-10)9-17-12-6-7-14(16)13(15)8-12/h6-8,10-11,17H,2-5,9H2,1H3. The fourth-order valence-electron chi connectivity index (χ4n) is 2.40. The summed E-state index contributed by atoms with van der Waals surface area (Å²) in [7, 11) is 0. The molecule has 1 saturated carbocycles. The van der Waals surface area contributed by atoms with E-state index < -0.39 is 0 Å². The molecule has 0 saturated heterocycles. The SMILES string of the molecule is CC1CCC(CNc2ccc(Cl)c(Br)c2)CC1. The number of rotatable bonds is 3. The number of hydrogen-bond donors (Lipinski definition) is 1. The summed E-state index contributed by atoms with van der Waals surface area (Å²) >= 11 is 9.42. The summed E-state index contributed by atoms with van der Waals surface area (Å²) in [4.78, 5) is 0. The predicted molar refractivity (Wildman–Crippen MR) is 78.8 cm³/mol. The Bertz CT molecular complexity index is 372. The van der Waals surface area contributed by atoms with Crippen molar-refractivity contribution in [1.29, 1.82) is 0 Å². The summed E-state index contributed by atoms with van der Waals surface area (Å²) in [5.74, 6) is 1.76. The van der Waals surface area contributed by atoms with Crippen LogP contribution < -0.4 is 5.32 Å². The third-order valence-electron chi connectivity index (χ3n) is 3.65. The van der Waals surface area contributed by atoms with Crippen LogP contribution >= 0.6 is 27.5 Å². The number of nitrogens with one attached hydrogen (secondary N) is 1. The Morgan fingerprint density at radius 3 is 2.65 bits per heavy atom. The first-order valence-corrected chi connectivity index (χ1v) is 7.51. The van der Waals surface area contributed by atoms with E-state index in [0.29, 0.717) is 0 Å². The topological polar surface area (TPSA) is 12.0 Å². The molecule has 0 bridgehead atoms. The molecule has 0 aromatic heterocycles. The highest BCUT2D eigenvalue weighted by Crippen LogP contribution is 2.29. The number of halogens is 2. The second-order valence-corrected chi connectivity index (χ2v) is 6.40. The Kier molecular flexibility index (Phi) is 4.75. The number of hydrogen-bond acceptors (Lipinski definition) is 1. The Balaban J connectivity index is 1.83. The summed E-state index contributed by atoms with van der Waals surface area (Å²) < 4.78 is 0.960. The first-order valence-electron chi connectivity index (χ1n) is 6.34. The average Bonchev–Trinajstić information content (AvgIpc) is 2.33. The van der Waals surface area contributed by atoms with E-state index in [9.17, 15) is 0 Å². The van der Waals surface area contributed by atoms with E-state index in [1.807, 2.05) is 18.2 Å². The number of anilines is 1. The van der Waals surface area contributed by atoms with Gasteiger partial charge in [-0.1, -0.05) is 31.4 Å². The molecular formula is C14H19BrClN. The van der Waals surface area contributed by atoms with Gasteiger partial charge in [0.25, 0.3) is 0 Å². The molecule has 1 aliphatic carbocycles. The monoisotopic (exact) mass is 315 g/mol. The lowest BCUT2D eigenvalue weighted by Crippen LogP contribution is -2.20. The van der Waals surface area contributed by atoms with Gasteiger partial charge in [0.1, 0.15) is 0 Å². The third-order valence-corrected chi connectivity index (χ3v) is 4.86. The zero-order valence-corrected chi connectivity index (χ0v) is 12.5. The van der Waals surface area contributed by atoms with E-state index >= 15 is 0 Å². The van der Waals surface area contributed by atoms with Gasteiger partial charge in [-0.15, -0.1) is 0 Å². The lowest BCUT2D eigenvalue weighted by Gasteiger charge is -2.26. The maximum Gasteiger partial charge on any atom is 0.0549 e. The van der Waals surface area contributed by atoms with Gasteiger partial charge < -0.3 is 5.32 Å². The van der Waals surface area contributed by atoms with Crippen LogP contribution in [-0.4, -0.2) is 6.54 Å². The summed E-state index contributed by atoms with van der Waals surface area (Å²) in [6, 6.07) is 6.02. The van der Waals surface area contributed by atoms with E-state index in [4.69, 9.17) is 11.6 Å². The maximum atomic E-state index is 5.97. The fraction of sp³-hybridized carbons (Fsp3) is 0.571. The Morgan fingerprint density at radius 1 is 1.29 bits per heavy atom. The Labute approximate surface area is 117 Å². The van der Waals surface area contributed by atoms with Gasteiger partial charge in [0.05, 0.1) is 5.02 Å². The minimum absolute atomic E-state index is 0.766. The van der Waals surface area contributed by atoms with E-state index in [0.717, 1.165) is 33.6 Å². The largest absolute Gasteiger partial charge is 0.385 e. The molecule has 0 amide bonds. The van der Waals surface area contributed by atoms with E-state index in [2.05, 4.69) is 28.2 Å². The molecule has 1 N–H and O–H groups in total. The predicted octanol–water partition coefficient (Wildman–Crippen LogP) is 5.34. The van der Waals surface area contributed by atoms with Crippen molar-refractivity contribution in [2.75, 3.05) is 11.9 Å². The molecule has 1 aliphatic rings. The molecule has 17 heavy (non-hydrogen) atoms. The normalized spacial score (nSPS) is 24.6. The van der Waals surface area contributed by atoms with Gasteiger partial charge in [0.15, 0.2) is 0 Å². The highest BCUT2D eigenvalue weighted by Gasteiger charge is 2.17. The van der Waals surface area contributed by atoms with E-state index in [-0.39, 0.29) is 0 Å². The van der Waals surface area contributed by atoms with Gasteiger partial charge >= 0.3 is 0 Å². The second-order valence-electron chi connectivity index (χ2n) is 5.14. The molecule has 0 unspecified atom stereocenters. The van der Waals surface area contributed by atoms with Gasteiger partial charge in [-0.25, -0.2) is 0 Å². The summed E-state index contributed by atoms with van der Waals surface area (Å²) in [5.41, 5.74) is 1.15. The fourth-order valence-corrected chi connectivity index (χ4v) is 2.90. The van der Waals surface area contributed by atoms with Crippen LogP contribution in [0.1, 0.15) is 32.6 Å². The average molecular weight is 317 g/mol. The van der Waals surface area contributed by atoms with Crippen LogP contribution in [-0.2, 0) is 0 Å². The van der Waals surface area contributed by atoms with E-state index in [1.165, 1.54) is 25.7 Å². The molecule has 0 atom stereocenters. The van der Waals surface area contributed by atoms with Crippen LogP contribution in [0.2, 0.25) is 5.02 Å². The zero-order chi connectivity index (χ0) is 12.3. The van der Waals surface area contributed by atoms with Crippen LogP contribution in [0.15, 0.2) is 22.7 Å². The van der Waals surface area contributed by atoms with Crippen molar-refractivity contribution >= 4 is 33.2 Å². The van der Waals surface area contributed by atoms with Crippen LogP contribution in [0.3, 0.4) is 0 Å². The van der Waals surface area contributed by atoms with Crippen molar-refractivity contribution in [2.24, 2.45) is 11.8 Å². The van der Waals surface area contributed by atoms with Gasteiger partial charge in [0.2, 0.25) is 0 Å². The van der Waals surface area contributed by atoms with Crippen molar-refractivity contribution in [2.45, 2.75) is 32.6 Å². The van der Waals surface area contributed by atoms with Gasteiger partial charge in [-0.3, -0.25) is 0 Å². The molecule has 1 fully saturated rings. The van der Waals surface area contributed by atoms with Crippen LogP contribution in [0.4, 0.5) is 5.69 Å². The van der Waals surface area contributed by atoms with Crippen molar-refractivity contribution < 1.29 is 0 Å².